The molecule has 3 aromatic rings. The molecule has 8 nitrogen and oxygen atoms in total. The Labute approximate surface area is 125 Å². The van der Waals surface area contributed by atoms with Gasteiger partial charge in [-0.2, -0.15) is 9.97 Å². The molecule has 0 atom stereocenters. The summed E-state index contributed by atoms with van der Waals surface area (Å²) in [6.07, 6.45) is 1.64. The monoisotopic (exact) mass is 296 g/mol. The van der Waals surface area contributed by atoms with Crippen LogP contribution in [-0.4, -0.2) is 31.0 Å². The van der Waals surface area contributed by atoms with E-state index in [4.69, 9.17) is 4.52 Å². The Morgan fingerprint density at radius 2 is 2.05 bits per heavy atom. The van der Waals surface area contributed by atoms with E-state index in [2.05, 4.69) is 30.4 Å². The van der Waals surface area contributed by atoms with Crippen LogP contribution in [-0.2, 0) is 0 Å². The maximum Gasteiger partial charge on any atom is 0.296 e. The summed E-state index contributed by atoms with van der Waals surface area (Å²) in [6.45, 7) is 3.44. The van der Waals surface area contributed by atoms with E-state index in [0.717, 1.165) is 0 Å². The van der Waals surface area contributed by atoms with Crippen LogP contribution in [0.15, 0.2) is 35.0 Å². The van der Waals surface area contributed by atoms with Crippen LogP contribution in [0.2, 0.25) is 0 Å². The number of anilines is 1. The maximum absolute atomic E-state index is 12.0. The number of amides is 1. The first-order valence-electron chi connectivity index (χ1n) is 6.50. The van der Waals surface area contributed by atoms with Gasteiger partial charge in [0.15, 0.2) is 5.82 Å². The van der Waals surface area contributed by atoms with E-state index >= 15 is 0 Å². The summed E-state index contributed by atoms with van der Waals surface area (Å²) in [4.78, 5) is 28.7. The lowest BCUT2D eigenvalue weighted by Crippen LogP contribution is -2.15. The molecule has 8 heteroatoms. The van der Waals surface area contributed by atoms with E-state index in [1.807, 2.05) is 6.07 Å². The topological polar surface area (TPSA) is 107 Å². The second-order valence-electron chi connectivity index (χ2n) is 4.53. The first kappa shape index (κ1) is 13.8. The fourth-order valence-electron chi connectivity index (χ4n) is 1.78. The lowest BCUT2D eigenvalue weighted by Gasteiger charge is -2.05. The summed E-state index contributed by atoms with van der Waals surface area (Å²) < 4.78 is 4.90. The Morgan fingerprint density at radius 3 is 2.73 bits per heavy atom. The van der Waals surface area contributed by atoms with Crippen molar-refractivity contribution in [3.63, 3.8) is 0 Å². The summed E-state index contributed by atoms with van der Waals surface area (Å²) in [7, 11) is 0. The number of aryl methyl sites for hydroxylation is 2. The van der Waals surface area contributed by atoms with Crippen molar-refractivity contribution in [1.82, 2.24) is 25.1 Å². The van der Waals surface area contributed by atoms with Crippen molar-refractivity contribution in [3.8, 4) is 11.5 Å². The van der Waals surface area contributed by atoms with Gasteiger partial charge in [-0.05, 0) is 26.0 Å². The molecule has 3 heterocycles. The highest BCUT2D eigenvalue weighted by atomic mass is 16.5. The molecular weight excluding hydrogens is 284 g/mol. The van der Waals surface area contributed by atoms with E-state index < -0.39 is 5.91 Å². The highest BCUT2D eigenvalue weighted by molar-refractivity contribution is 6.01. The number of pyridine rings is 1. The number of rotatable bonds is 3. The van der Waals surface area contributed by atoms with Crippen LogP contribution < -0.4 is 5.32 Å². The van der Waals surface area contributed by atoms with E-state index in [9.17, 15) is 4.79 Å². The molecule has 3 rings (SSSR count). The minimum absolute atomic E-state index is 0.0925. The first-order valence-corrected chi connectivity index (χ1v) is 6.50. The van der Waals surface area contributed by atoms with Crippen LogP contribution in [0.1, 0.15) is 22.1 Å². The minimum atomic E-state index is -0.474. The number of nitrogens with zero attached hydrogens (tertiary/aromatic N) is 5. The molecule has 3 aromatic heterocycles. The molecule has 0 aromatic carbocycles. The Hall–Kier alpha value is -3.16. The standard InChI is InChI=1S/C14H12N6O2/c1-8-7-11(22-20-8)13(21)19-14-17-9(2)16-12(18-14)10-5-3-4-6-15-10/h3-7H,1-2H3,(H,16,17,18,19,21). The summed E-state index contributed by atoms with van der Waals surface area (Å²) in [6, 6.07) is 6.94. The molecule has 0 saturated heterocycles. The Balaban J connectivity index is 1.88. The van der Waals surface area contributed by atoms with Gasteiger partial charge < -0.3 is 4.52 Å². The van der Waals surface area contributed by atoms with Gasteiger partial charge in [0.05, 0.1) is 5.69 Å². The van der Waals surface area contributed by atoms with Gasteiger partial charge in [0.2, 0.25) is 11.7 Å². The molecule has 110 valence electrons. The molecule has 1 amide bonds. The summed E-state index contributed by atoms with van der Waals surface area (Å²) in [5.41, 5.74) is 1.21. The van der Waals surface area contributed by atoms with Gasteiger partial charge >= 0.3 is 0 Å². The normalized spacial score (nSPS) is 10.5. The number of aromatic nitrogens is 5. The van der Waals surface area contributed by atoms with E-state index in [0.29, 0.717) is 23.0 Å². The van der Waals surface area contributed by atoms with Crippen LogP contribution in [0.5, 0.6) is 0 Å². The molecule has 22 heavy (non-hydrogen) atoms. The Morgan fingerprint density at radius 1 is 1.18 bits per heavy atom. The average Bonchev–Trinajstić information content (AvgIpc) is 2.94. The van der Waals surface area contributed by atoms with Crippen LogP contribution >= 0.6 is 0 Å². The average molecular weight is 296 g/mol. The van der Waals surface area contributed by atoms with Crippen LogP contribution in [0.3, 0.4) is 0 Å². The zero-order valence-corrected chi connectivity index (χ0v) is 11.9. The molecule has 0 radical (unpaired) electrons. The van der Waals surface area contributed by atoms with Crippen molar-refractivity contribution in [1.29, 1.82) is 0 Å². The molecule has 0 saturated carbocycles. The lowest BCUT2D eigenvalue weighted by molar-refractivity contribution is 0.0987. The third-order valence-electron chi connectivity index (χ3n) is 2.72. The molecular formula is C14H12N6O2. The second-order valence-corrected chi connectivity index (χ2v) is 4.53. The molecule has 0 unspecified atom stereocenters. The summed E-state index contributed by atoms with van der Waals surface area (Å²) >= 11 is 0. The van der Waals surface area contributed by atoms with Crippen LogP contribution in [0.25, 0.3) is 11.5 Å². The maximum atomic E-state index is 12.0. The zero-order valence-electron chi connectivity index (χ0n) is 11.9. The number of hydrogen-bond donors (Lipinski definition) is 1. The smallest absolute Gasteiger partial charge is 0.296 e. The highest BCUT2D eigenvalue weighted by Crippen LogP contribution is 2.13. The number of carbonyl (C=O) groups excluding carboxylic acids is 1. The molecule has 0 spiro atoms. The van der Waals surface area contributed by atoms with Gasteiger partial charge in [-0.1, -0.05) is 11.2 Å². The third kappa shape index (κ3) is 2.95. The lowest BCUT2D eigenvalue weighted by atomic mass is 10.3. The SMILES string of the molecule is Cc1cc(C(=O)Nc2nc(C)nc(-c3ccccn3)n2)on1. The first-order chi connectivity index (χ1) is 10.6. The van der Waals surface area contributed by atoms with Gasteiger partial charge in [0.1, 0.15) is 11.5 Å². The van der Waals surface area contributed by atoms with Gasteiger partial charge in [0.25, 0.3) is 5.91 Å². The predicted octanol–water partition coefficient (Wildman–Crippen LogP) is 1.79. The molecule has 0 bridgehead atoms. The zero-order chi connectivity index (χ0) is 15.5. The van der Waals surface area contributed by atoms with Crippen molar-refractivity contribution < 1.29 is 9.32 Å². The quantitative estimate of drug-likeness (QED) is 0.785. The van der Waals surface area contributed by atoms with Gasteiger partial charge in [-0.15, -0.1) is 0 Å². The molecule has 0 aliphatic carbocycles. The van der Waals surface area contributed by atoms with Crippen molar-refractivity contribution in [2.75, 3.05) is 5.32 Å². The largest absolute Gasteiger partial charge is 0.351 e. The summed E-state index contributed by atoms with van der Waals surface area (Å²) in [5, 5.41) is 6.22. The summed E-state index contributed by atoms with van der Waals surface area (Å²) in [5.74, 6) is 0.609. The number of hydrogen-bond acceptors (Lipinski definition) is 7. The minimum Gasteiger partial charge on any atom is -0.351 e. The van der Waals surface area contributed by atoms with Gasteiger partial charge in [-0.25, -0.2) is 4.98 Å². The fraction of sp³-hybridized carbons (Fsp3) is 0.143. The second kappa shape index (κ2) is 5.68. The molecule has 0 aliphatic heterocycles. The Bertz CT molecular complexity index is 815. The van der Waals surface area contributed by atoms with Crippen molar-refractivity contribution in [2.24, 2.45) is 0 Å². The number of nitrogens with one attached hydrogen (secondary N) is 1. The van der Waals surface area contributed by atoms with Gasteiger partial charge in [0, 0.05) is 12.3 Å². The van der Waals surface area contributed by atoms with E-state index in [1.54, 1.807) is 32.2 Å². The molecule has 0 aliphatic rings. The molecule has 1 N–H and O–H groups in total. The fourth-order valence-corrected chi connectivity index (χ4v) is 1.78. The van der Waals surface area contributed by atoms with Crippen LogP contribution in [0.4, 0.5) is 5.95 Å². The van der Waals surface area contributed by atoms with Crippen molar-refractivity contribution >= 4 is 11.9 Å². The van der Waals surface area contributed by atoms with Crippen molar-refractivity contribution in [3.05, 3.63) is 47.7 Å². The Kier molecular flexibility index (Phi) is 3.57. The van der Waals surface area contributed by atoms with Crippen molar-refractivity contribution in [2.45, 2.75) is 13.8 Å². The highest BCUT2D eigenvalue weighted by Gasteiger charge is 2.15. The van der Waals surface area contributed by atoms with Gasteiger partial charge in [-0.3, -0.25) is 15.1 Å². The van der Waals surface area contributed by atoms with Crippen LogP contribution in [0, 0.1) is 13.8 Å². The predicted molar refractivity (Wildman–Crippen MR) is 77.0 cm³/mol. The van der Waals surface area contributed by atoms with E-state index in [-0.39, 0.29) is 11.7 Å². The van der Waals surface area contributed by atoms with E-state index in [1.165, 1.54) is 6.07 Å². The third-order valence-corrected chi connectivity index (χ3v) is 2.72. The molecule has 0 fully saturated rings. The number of carbonyl (C=O) groups is 1.